The van der Waals surface area contributed by atoms with E-state index < -0.39 is 21.3 Å². The zero-order valence-electron chi connectivity index (χ0n) is 8.23. The maximum Gasteiger partial charge on any atom is 0.304 e. The number of nitrogens with zero attached hydrogens (tertiary/aromatic N) is 1. The molecule has 0 aromatic rings. The summed E-state index contributed by atoms with van der Waals surface area (Å²) in [4.78, 5) is 10.8. The first-order valence-corrected chi connectivity index (χ1v) is 4.93. The summed E-state index contributed by atoms with van der Waals surface area (Å²) in [6, 6.07) is 1.96. The minimum absolute atomic E-state index is 0.445. The van der Waals surface area contributed by atoms with E-state index in [0.29, 0.717) is 6.42 Å². The van der Waals surface area contributed by atoms with Gasteiger partial charge in [-0.3, -0.25) is 4.79 Å². The number of carbonyl (C=O) groups excluding carboxylic acids is 1. The molecule has 2 atom stereocenters. The highest BCUT2D eigenvalue weighted by molar-refractivity contribution is 6.51. The molecule has 0 spiro atoms. The monoisotopic (exact) mass is 235 g/mol. The Hall–Kier alpha value is -0.460. The van der Waals surface area contributed by atoms with Gasteiger partial charge >= 0.3 is 5.97 Å². The van der Waals surface area contributed by atoms with Crippen molar-refractivity contribution in [2.45, 2.75) is 37.1 Å². The number of carbonyl (C=O) groups is 1. The highest BCUT2D eigenvalue weighted by atomic mass is 35.5. The molecule has 0 amide bonds. The molecule has 1 saturated carbocycles. The number of esters is 1. The van der Waals surface area contributed by atoms with E-state index in [1.807, 2.05) is 6.07 Å². The van der Waals surface area contributed by atoms with Crippen LogP contribution in [0.4, 0.5) is 0 Å². The van der Waals surface area contributed by atoms with Gasteiger partial charge in [-0.1, -0.05) is 6.92 Å². The van der Waals surface area contributed by atoms with E-state index in [9.17, 15) is 4.79 Å². The van der Waals surface area contributed by atoms with Crippen molar-refractivity contribution in [2.75, 3.05) is 0 Å². The van der Waals surface area contributed by atoms with Gasteiger partial charge in [-0.25, -0.2) is 0 Å². The molecule has 1 rings (SSSR count). The Morgan fingerprint density at radius 1 is 1.64 bits per heavy atom. The molecule has 0 N–H and O–H groups in total. The lowest BCUT2D eigenvalue weighted by Gasteiger charge is -2.29. The molecule has 0 heterocycles. The van der Waals surface area contributed by atoms with Crippen LogP contribution in [-0.4, -0.2) is 15.9 Å². The van der Waals surface area contributed by atoms with Crippen LogP contribution in [0.25, 0.3) is 0 Å². The molecule has 0 aromatic carbocycles. The van der Waals surface area contributed by atoms with Gasteiger partial charge in [0.05, 0.1) is 5.41 Å². The van der Waals surface area contributed by atoms with Gasteiger partial charge < -0.3 is 4.74 Å². The van der Waals surface area contributed by atoms with Gasteiger partial charge in [0.1, 0.15) is 10.4 Å². The third-order valence-electron chi connectivity index (χ3n) is 2.87. The molecule has 3 nitrogen and oxygen atoms in total. The summed E-state index contributed by atoms with van der Waals surface area (Å²) in [6.07, 6.45) is 0.445. The van der Waals surface area contributed by atoms with E-state index in [2.05, 4.69) is 0 Å². The zero-order chi connectivity index (χ0) is 11.2. The Morgan fingerprint density at radius 3 is 2.29 bits per heavy atom. The first-order valence-electron chi connectivity index (χ1n) is 4.17. The fourth-order valence-corrected chi connectivity index (χ4v) is 2.36. The number of rotatable bonds is 2. The van der Waals surface area contributed by atoms with E-state index >= 15 is 0 Å². The standard InChI is InChI=1S/C9H11Cl2NO2/c1-6(13)14-8(3,5-12)7(2)4-9(7,10)11/h4H2,1-3H3. The lowest BCUT2D eigenvalue weighted by Crippen LogP contribution is -2.40. The predicted octanol–water partition coefficient (Wildman–Crippen LogP) is 2.42. The summed E-state index contributed by atoms with van der Waals surface area (Å²) in [5.41, 5.74) is -1.95. The lowest BCUT2D eigenvalue weighted by molar-refractivity contribution is -0.155. The topological polar surface area (TPSA) is 50.1 Å². The highest BCUT2D eigenvalue weighted by Crippen LogP contribution is 2.69. The van der Waals surface area contributed by atoms with Crippen molar-refractivity contribution in [2.24, 2.45) is 5.41 Å². The average molecular weight is 236 g/mol. The first-order chi connectivity index (χ1) is 6.18. The van der Waals surface area contributed by atoms with Gasteiger partial charge in [0, 0.05) is 6.92 Å². The fraction of sp³-hybridized carbons (Fsp3) is 0.778. The SMILES string of the molecule is CC(=O)OC(C)(C#N)C1(C)CC1(Cl)Cl. The largest absolute Gasteiger partial charge is 0.443 e. The number of ether oxygens (including phenoxy) is 1. The normalized spacial score (nSPS) is 32.6. The van der Waals surface area contributed by atoms with Crippen molar-refractivity contribution >= 4 is 29.2 Å². The summed E-state index contributed by atoms with van der Waals surface area (Å²) >= 11 is 11.8. The molecule has 1 aliphatic carbocycles. The van der Waals surface area contributed by atoms with Crippen LogP contribution in [0.5, 0.6) is 0 Å². The van der Waals surface area contributed by atoms with Crippen LogP contribution in [0.3, 0.4) is 0 Å². The second-order valence-corrected chi connectivity index (χ2v) is 5.44. The molecular weight excluding hydrogens is 225 g/mol. The van der Waals surface area contributed by atoms with Crippen LogP contribution >= 0.6 is 23.2 Å². The molecule has 1 fully saturated rings. The quantitative estimate of drug-likeness (QED) is 0.546. The van der Waals surface area contributed by atoms with E-state index in [1.165, 1.54) is 13.8 Å². The smallest absolute Gasteiger partial charge is 0.304 e. The summed E-state index contributed by atoms with van der Waals surface area (Å²) in [6.45, 7) is 4.52. The van der Waals surface area contributed by atoms with Gasteiger partial charge in [-0.15, -0.1) is 23.2 Å². The first kappa shape index (κ1) is 11.6. The molecule has 78 valence electrons. The summed E-state index contributed by atoms with van der Waals surface area (Å²) in [5, 5.41) is 9.00. The minimum atomic E-state index is -1.26. The molecule has 14 heavy (non-hydrogen) atoms. The summed E-state index contributed by atoms with van der Waals surface area (Å²) in [7, 11) is 0. The molecule has 0 bridgehead atoms. The Balaban J connectivity index is 2.94. The van der Waals surface area contributed by atoms with Crippen molar-refractivity contribution in [1.29, 1.82) is 5.26 Å². The van der Waals surface area contributed by atoms with Crippen LogP contribution in [0.2, 0.25) is 0 Å². The van der Waals surface area contributed by atoms with E-state index in [4.69, 9.17) is 33.2 Å². The van der Waals surface area contributed by atoms with Crippen molar-refractivity contribution in [3.8, 4) is 6.07 Å². The Labute approximate surface area is 92.9 Å². The van der Waals surface area contributed by atoms with Gasteiger partial charge in [-0.2, -0.15) is 5.26 Å². The molecular formula is C9H11Cl2NO2. The van der Waals surface area contributed by atoms with E-state index in [-0.39, 0.29) is 0 Å². The number of alkyl halides is 2. The molecule has 0 aliphatic heterocycles. The highest BCUT2D eigenvalue weighted by Gasteiger charge is 2.73. The Kier molecular flexibility index (Phi) is 2.50. The number of hydrogen-bond donors (Lipinski definition) is 0. The summed E-state index contributed by atoms with van der Waals surface area (Å²) in [5.74, 6) is -0.508. The van der Waals surface area contributed by atoms with Gasteiger partial charge in [0.25, 0.3) is 0 Å². The maximum atomic E-state index is 10.8. The van der Waals surface area contributed by atoms with Gasteiger partial charge in [0.15, 0.2) is 0 Å². The van der Waals surface area contributed by atoms with Crippen LogP contribution in [-0.2, 0) is 9.53 Å². The predicted molar refractivity (Wildman–Crippen MR) is 52.9 cm³/mol. The van der Waals surface area contributed by atoms with Crippen molar-refractivity contribution in [3.05, 3.63) is 0 Å². The average Bonchev–Trinajstić information content (AvgIpc) is 2.51. The lowest BCUT2D eigenvalue weighted by atomic mass is 9.88. The van der Waals surface area contributed by atoms with Gasteiger partial charge in [-0.05, 0) is 13.3 Å². The molecule has 1 aliphatic rings. The Morgan fingerprint density at radius 2 is 2.07 bits per heavy atom. The van der Waals surface area contributed by atoms with E-state index in [0.717, 1.165) is 0 Å². The third-order valence-corrected chi connectivity index (χ3v) is 3.97. The van der Waals surface area contributed by atoms with Gasteiger partial charge in [0.2, 0.25) is 5.60 Å². The number of hydrogen-bond acceptors (Lipinski definition) is 3. The minimum Gasteiger partial charge on any atom is -0.443 e. The second-order valence-electron chi connectivity index (χ2n) is 3.95. The molecule has 0 aromatic heterocycles. The fourth-order valence-electron chi connectivity index (χ4n) is 1.46. The van der Waals surface area contributed by atoms with Crippen molar-refractivity contribution in [1.82, 2.24) is 0 Å². The van der Waals surface area contributed by atoms with E-state index in [1.54, 1.807) is 6.92 Å². The van der Waals surface area contributed by atoms with Crippen LogP contribution in [0.1, 0.15) is 27.2 Å². The molecule has 5 heteroatoms. The second kappa shape index (κ2) is 3.01. The van der Waals surface area contributed by atoms with Crippen LogP contribution < -0.4 is 0 Å². The number of nitriles is 1. The zero-order valence-corrected chi connectivity index (χ0v) is 9.74. The molecule has 2 unspecified atom stereocenters. The maximum absolute atomic E-state index is 10.8. The Bertz CT molecular complexity index is 323. The van der Waals surface area contributed by atoms with Crippen molar-refractivity contribution in [3.63, 3.8) is 0 Å². The van der Waals surface area contributed by atoms with Crippen LogP contribution in [0, 0.1) is 16.7 Å². The molecule has 0 saturated heterocycles. The van der Waals surface area contributed by atoms with Crippen LogP contribution in [0.15, 0.2) is 0 Å². The third kappa shape index (κ3) is 1.47. The van der Waals surface area contributed by atoms with Crippen molar-refractivity contribution < 1.29 is 9.53 Å². The number of halogens is 2. The summed E-state index contributed by atoms with van der Waals surface area (Å²) < 4.78 is 4.00. The molecule has 0 radical (unpaired) electrons.